The first-order chi connectivity index (χ1) is 10.7. The molecule has 2 bridgehead atoms. The summed E-state index contributed by atoms with van der Waals surface area (Å²) in [5.74, 6) is -0.138. The maximum Gasteiger partial charge on any atom is 0.331 e. The van der Waals surface area contributed by atoms with Gasteiger partial charge in [0.25, 0.3) is 0 Å². The summed E-state index contributed by atoms with van der Waals surface area (Å²) in [6.45, 7) is 1.13. The van der Waals surface area contributed by atoms with E-state index < -0.39 is 0 Å². The zero-order valence-electron chi connectivity index (χ0n) is 12.8. The van der Waals surface area contributed by atoms with Gasteiger partial charge in [-0.3, -0.25) is 4.90 Å². The van der Waals surface area contributed by atoms with Crippen molar-refractivity contribution < 1.29 is 14.6 Å². The van der Waals surface area contributed by atoms with Crippen LogP contribution in [0.4, 0.5) is 0 Å². The van der Waals surface area contributed by atoms with Gasteiger partial charge in [0.05, 0.1) is 12.1 Å². The number of hydrogen-bond acceptors (Lipinski definition) is 5. The summed E-state index contributed by atoms with van der Waals surface area (Å²) in [5, 5.41) is 13.3. The van der Waals surface area contributed by atoms with E-state index in [-0.39, 0.29) is 17.7 Å². The maximum atomic E-state index is 11.9. The molecular weight excluding hydrogens is 280 g/mol. The fourth-order valence-corrected chi connectivity index (χ4v) is 5.58. The van der Waals surface area contributed by atoms with E-state index in [1.54, 1.807) is 6.08 Å². The van der Waals surface area contributed by atoms with Gasteiger partial charge in [-0.15, -0.1) is 0 Å². The van der Waals surface area contributed by atoms with Crippen molar-refractivity contribution in [3.05, 3.63) is 11.6 Å². The number of nitrogens with zero attached hydrogens (tertiary/aromatic N) is 1. The third-order valence-corrected chi connectivity index (χ3v) is 6.61. The summed E-state index contributed by atoms with van der Waals surface area (Å²) in [4.78, 5) is 14.6. The SMILES string of the molecule is O=C1C=C2CC(NC3CC(O)C3)C3CC2(O1)C1CCCCN31. The van der Waals surface area contributed by atoms with Gasteiger partial charge in [-0.1, -0.05) is 6.42 Å². The predicted molar refractivity (Wildman–Crippen MR) is 80.2 cm³/mol. The van der Waals surface area contributed by atoms with Crippen molar-refractivity contribution in [1.29, 1.82) is 0 Å². The highest BCUT2D eigenvalue weighted by Crippen LogP contribution is 2.54. The van der Waals surface area contributed by atoms with Gasteiger partial charge in [0.15, 0.2) is 5.60 Å². The van der Waals surface area contributed by atoms with Gasteiger partial charge >= 0.3 is 5.97 Å². The van der Waals surface area contributed by atoms with Gasteiger partial charge in [-0.05, 0) is 44.2 Å². The van der Waals surface area contributed by atoms with Crippen LogP contribution < -0.4 is 5.32 Å². The van der Waals surface area contributed by atoms with Crippen molar-refractivity contribution in [3.63, 3.8) is 0 Å². The lowest BCUT2D eigenvalue weighted by atomic mass is 9.75. The van der Waals surface area contributed by atoms with E-state index in [4.69, 9.17) is 4.74 Å². The molecule has 120 valence electrons. The fraction of sp³-hybridized carbons (Fsp3) is 0.824. The van der Waals surface area contributed by atoms with Crippen LogP contribution in [0.3, 0.4) is 0 Å². The molecule has 0 radical (unpaired) electrons. The Hall–Kier alpha value is -0.910. The van der Waals surface area contributed by atoms with Crippen LogP contribution >= 0.6 is 0 Å². The van der Waals surface area contributed by atoms with E-state index in [2.05, 4.69) is 10.2 Å². The lowest BCUT2D eigenvalue weighted by molar-refractivity contribution is -0.148. The molecule has 0 aromatic carbocycles. The second-order valence-corrected chi connectivity index (χ2v) is 7.80. The van der Waals surface area contributed by atoms with Gasteiger partial charge in [-0.2, -0.15) is 0 Å². The minimum absolute atomic E-state index is 0.123. The van der Waals surface area contributed by atoms with E-state index in [0.717, 1.165) is 38.6 Å². The van der Waals surface area contributed by atoms with Crippen LogP contribution in [0.1, 0.15) is 44.9 Å². The highest BCUT2D eigenvalue weighted by Gasteiger charge is 2.63. The van der Waals surface area contributed by atoms with Gasteiger partial charge in [0.2, 0.25) is 0 Å². The molecule has 4 unspecified atom stereocenters. The zero-order chi connectivity index (χ0) is 14.9. The highest BCUT2D eigenvalue weighted by atomic mass is 16.6. The van der Waals surface area contributed by atoms with E-state index in [1.165, 1.54) is 18.4 Å². The summed E-state index contributed by atoms with van der Waals surface area (Å²) in [5.41, 5.74) is 0.917. The molecule has 2 N–H and O–H groups in total. The molecule has 0 aromatic heterocycles. The third-order valence-electron chi connectivity index (χ3n) is 6.61. The Kier molecular flexibility index (Phi) is 2.80. The number of hydrogen-bond donors (Lipinski definition) is 2. The van der Waals surface area contributed by atoms with E-state index >= 15 is 0 Å². The van der Waals surface area contributed by atoms with Crippen LogP contribution in [0.2, 0.25) is 0 Å². The molecule has 4 atom stereocenters. The second-order valence-electron chi connectivity index (χ2n) is 7.80. The number of esters is 1. The molecule has 5 nitrogen and oxygen atoms in total. The van der Waals surface area contributed by atoms with Gasteiger partial charge in [0.1, 0.15) is 0 Å². The minimum Gasteiger partial charge on any atom is -0.450 e. The largest absolute Gasteiger partial charge is 0.450 e. The zero-order valence-corrected chi connectivity index (χ0v) is 12.8. The molecule has 0 aromatic rings. The van der Waals surface area contributed by atoms with Crippen LogP contribution in [0.25, 0.3) is 0 Å². The van der Waals surface area contributed by atoms with Gasteiger partial charge in [-0.25, -0.2) is 4.79 Å². The molecule has 2 saturated carbocycles. The standard InChI is InChI=1S/C17H24N2O3/c20-12-7-11(8-12)18-13-5-10-6-16(21)22-17(10)9-14(13)19-4-2-1-3-15(17)19/h6,11-15,18,20H,1-5,7-9H2. The molecule has 3 aliphatic heterocycles. The van der Waals surface area contributed by atoms with Gasteiger partial charge in [0, 0.05) is 30.6 Å². The molecule has 4 fully saturated rings. The number of nitrogens with one attached hydrogen (secondary N) is 1. The predicted octanol–water partition coefficient (Wildman–Crippen LogP) is 0.720. The normalized spacial score (nSPS) is 50.0. The smallest absolute Gasteiger partial charge is 0.331 e. The molecule has 2 aliphatic carbocycles. The first kappa shape index (κ1) is 13.5. The van der Waals surface area contributed by atoms with Crippen molar-refractivity contribution in [2.45, 2.75) is 80.8 Å². The summed E-state index contributed by atoms with van der Waals surface area (Å²) < 4.78 is 5.88. The number of rotatable bonds is 2. The first-order valence-electron chi connectivity index (χ1n) is 8.79. The summed E-state index contributed by atoms with van der Waals surface area (Å²) >= 11 is 0. The van der Waals surface area contributed by atoms with Crippen molar-refractivity contribution in [2.24, 2.45) is 0 Å². The van der Waals surface area contributed by atoms with Crippen molar-refractivity contribution in [1.82, 2.24) is 10.2 Å². The number of carbonyl (C=O) groups excluding carboxylic acids is 1. The van der Waals surface area contributed by atoms with E-state index in [9.17, 15) is 9.90 Å². The number of aliphatic hydroxyl groups excluding tert-OH is 1. The average molecular weight is 304 g/mol. The lowest BCUT2D eigenvalue weighted by Gasteiger charge is -2.41. The highest BCUT2D eigenvalue weighted by molar-refractivity contribution is 5.87. The third kappa shape index (κ3) is 1.73. The van der Waals surface area contributed by atoms with Crippen LogP contribution in [-0.4, -0.2) is 58.4 Å². The van der Waals surface area contributed by atoms with Crippen LogP contribution in [0.15, 0.2) is 11.6 Å². The molecule has 3 heterocycles. The van der Waals surface area contributed by atoms with Crippen LogP contribution in [0, 0.1) is 0 Å². The van der Waals surface area contributed by atoms with Crippen molar-refractivity contribution in [3.8, 4) is 0 Å². The topological polar surface area (TPSA) is 61.8 Å². The summed E-state index contributed by atoms with van der Waals surface area (Å²) in [6, 6.07) is 1.71. The molecule has 5 rings (SSSR count). The second kappa shape index (κ2) is 4.56. The number of carbonyl (C=O) groups is 1. The Bertz CT molecular complexity index is 542. The molecule has 5 aliphatic rings. The van der Waals surface area contributed by atoms with Gasteiger partial charge < -0.3 is 15.2 Å². The average Bonchev–Trinajstić information content (AvgIpc) is 2.95. The molecular formula is C17H24N2O3. The quantitative estimate of drug-likeness (QED) is 0.736. The van der Waals surface area contributed by atoms with E-state index in [0.29, 0.717) is 24.2 Å². The van der Waals surface area contributed by atoms with Crippen molar-refractivity contribution in [2.75, 3.05) is 6.54 Å². The first-order valence-corrected chi connectivity index (χ1v) is 8.79. The lowest BCUT2D eigenvalue weighted by Crippen LogP contribution is -2.56. The summed E-state index contributed by atoms with van der Waals surface area (Å²) in [7, 11) is 0. The van der Waals surface area contributed by atoms with Crippen LogP contribution in [-0.2, 0) is 9.53 Å². The fourth-order valence-electron chi connectivity index (χ4n) is 5.58. The molecule has 5 heteroatoms. The Labute approximate surface area is 130 Å². The molecule has 1 spiro atoms. The van der Waals surface area contributed by atoms with Crippen LogP contribution in [0.5, 0.6) is 0 Å². The number of fused-ring (bicyclic) bond motifs is 3. The number of piperidine rings is 1. The number of ether oxygens (including phenoxy) is 1. The number of aliphatic hydroxyl groups is 1. The molecule has 0 amide bonds. The maximum absolute atomic E-state index is 11.9. The summed E-state index contributed by atoms with van der Waals surface area (Å²) in [6.07, 6.45) is 8.91. The van der Waals surface area contributed by atoms with E-state index in [1.807, 2.05) is 0 Å². The Morgan fingerprint density at radius 2 is 2.23 bits per heavy atom. The Morgan fingerprint density at radius 3 is 3.05 bits per heavy atom. The monoisotopic (exact) mass is 304 g/mol. The van der Waals surface area contributed by atoms with Crippen molar-refractivity contribution >= 4 is 5.97 Å². The molecule has 2 saturated heterocycles. The Morgan fingerprint density at radius 1 is 1.36 bits per heavy atom. The minimum atomic E-state index is -0.306. The Balaban J connectivity index is 1.45. The molecule has 22 heavy (non-hydrogen) atoms.